The molecule has 1 aromatic rings. The quantitative estimate of drug-likeness (QED) is 0.559. The van der Waals surface area contributed by atoms with E-state index in [9.17, 15) is 20.0 Å². The summed E-state index contributed by atoms with van der Waals surface area (Å²) >= 11 is 0. The van der Waals surface area contributed by atoms with Crippen LogP contribution < -0.4 is 10.6 Å². The number of nitrogens with zero attached hydrogens (tertiary/aromatic N) is 1. The molecule has 0 aliphatic carbocycles. The van der Waals surface area contributed by atoms with E-state index in [-0.39, 0.29) is 12.2 Å². The Morgan fingerprint density at radius 3 is 2.47 bits per heavy atom. The Labute approximate surface area is 110 Å². The largest absolute Gasteiger partial charge is 0.388 e. The molecule has 0 fully saturated rings. The van der Waals surface area contributed by atoms with Crippen LogP contribution in [0.25, 0.3) is 0 Å². The number of carbonyl (C=O) groups is 1. The zero-order valence-corrected chi connectivity index (χ0v) is 10.8. The van der Waals surface area contributed by atoms with Crippen molar-refractivity contribution in [1.29, 1.82) is 0 Å². The van der Waals surface area contributed by atoms with E-state index < -0.39 is 16.6 Å². The maximum absolute atomic E-state index is 11.5. The van der Waals surface area contributed by atoms with Gasteiger partial charge in [-0.05, 0) is 25.5 Å². The maximum Gasteiger partial charge on any atom is 0.319 e. The molecule has 0 aliphatic heterocycles. The van der Waals surface area contributed by atoms with Crippen molar-refractivity contribution in [1.82, 2.24) is 5.32 Å². The van der Waals surface area contributed by atoms with Crippen LogP contribution in [0.1, 0.15) is 20.3 Å². The van der Waals surface area contributed by atoms with Crippen LogP contribution in [0.2, 0.25) is 0 Å². The lowest BCUT2D eigenvalue weighted by atomic mass is 10.0. The average Bonchev–Trinajstić information content (AvgIpc) is 2.37. The van der Waals surface area contributed by atoms with Gasteiger partial charge in [-0.2, -0.15) is 0 Å². The van der Waals surface area contributed by atoms with Gasteiger partial charge in [0.2, 0.25) is 0 Å². The number of benzene rings is 1. The molecule has 1 atom stereocenters. The number of non-ortho nitro benzene ring substituents is 1. The van der Waals surface area contributed by atoms with Crippen LogP contribution in [0.15, 0.2) is 24.3 Å². The van der Waals surface area contributed by atoms with Gasteiger partial charge in [0.15, 0.2) is 0 Å². The third-order valence-corrected chi connectivity index (χ3v) is 2.73. The highest BCUT2D eigenvalue weighted by molar-refractivity contribution is 5.89. The number of carbonyl (C=O) groups excluding carboxylic acids is 1. The van der Waals surface area contributed by atoms with Crippen LogP contribution in [0, 0.1) is 10.1 Å². The van der Waals surface area contributed by atoms with E-state index in [0.29, 0.717) is 12.1 Å². The van der Waals surface area contributed by atoms with E-state index in [1.54, 1.807) is 6.92 Å². The molecule has 104 valence electrons. The molecule has 0 saturated heterocycles. The molecule has 0 heterocycles. The van der Waals surface area contributed by atoms with Gasteiger partial charge in [-0.3, -0.25) is 10.1 Å². The fourth-order valence-electron chi connectivity index (χ4n) is 1.24. The summed E-state index contributed by atoms with van der Waals surface area (Å²) in [5, 5.41) is 25.2. The van der Waals surface area contributed by atoms with E-state index in [0.717, 1.165) is 0 Å². The minimum absolute atomic E-state index is 0.0418. The Morgan fingerprint density at radius 2 is 2.00 bits per heavy atom. The lowest BCUT2D eigenvalue weighted by molar-refractivity contribution is -0.384. The summed E-state index contributed by atoms with van der Waals surface area (Å²) < 4.78 is 0. The molecule has 1 rings (SSSR count). The smallest absolute Gasteiger partial charge is 0.319 e. The van der Waals surface area contributed by atoms with Gasteiger partial charge in [0.1, 0.15) is 0 Å². The number of urea groups is 1. The number of rotatable bonds is 5. The Bertz CT molecular complexity index is 457. The first-order valence-corrected chi connectivity index (χ1v) is 5.86. The second-order valence-electron chi connectivity index (χ2n) is 4.46. The summed E-state index contributed by atoms with van der Waals surface area (Å²) in [4.78, 5) is 21.5. The molecule has 0 bridgehead atoms. The van der Waals surface area contributed by atoms with E-state index in [1.807, 2.05) is 6.92 Å². The molecule has 0 spiro atoms. The van der Waals surface area contributed by atoms with E-state index in [4.69, 9.17) is 0 Å². The van der Waals surface area contributed by atoms with Gasteiger partial charge in [0.25, 0.3) is 5.69 Å². The second kappa shape index (κ2) is 6.14. The van der Waals surface area contributed by atoms with Crippen LogP contribution in [0.5, 0.6) is 0 Å². The minimum Gasteiger partial charge on any atom is -0.388 e. The summed E-state index contributed by atoms with van der Waals surface area (Å²) in [7, 11) is 0. The molecular formula is C12H17N3O4. The summed E-state index contributed by atoms with van der Waals surface area (Å²) in [6, 6.07) is 5.02. The van der Waals surface area contributed by atoms with Crippen molar-refractivity contribution in [2.75, 3.05) is 11.9 Å². The number of aliphatic hydroxyl groups is 1. The molecule has 0 aromatic heterocycles. The zero-order chi connectivity index (χ0) is 14.5. The molecule has 1 aromatic carbocycles. The highest BCUT2D eigenvalue weighted by atomic mass is 16.6. The lowest BCUT2D eigenvalue weighted by Gasteiger charge is -2.21. The van der Waals surface area contributed by atoms with E-state index >= 15 is 0 Å². The van der Waals surface area contributed by atoms with Crippen molar-refractivity contribution in [3.63, 3.8) is 0 Å². The normalized spacial score (nSPS) is 13.4. The first-order chi connectivity index (χ1) is 8.84. The predicted octanol–water partition coefficient (Wildman–Crippen LogP) is 1.88. The average molecular weight is 267 g/mol. The molecule has 7 heteroatoms. The maximum atomic E-state index is 11.5. The predicted molar refractivity (Wildman–Crippen MR) is 71.0 cm³/mol. The number of nitrogens with one attached hydrogen (secondary N) is 2. The molecule has 2 amide bonds. The van der Waals surface area contributed by atoms with Crippen LogP contribution in [-0.2, 0) is 0 Å². The number of amides is 2. The van der Waals surface area contributed by atoms with Crippen molar-refractivity contribution < 1.29 is 14.8 Å². The van der Waals surface area contributed by atoms with Gasteiger partial charge in [0, 0.05) is 24.4 Å². The Morgan fingerprint density at radius 1 is 1.42 bits per heavy atom. The van der Waals surface area contributed by atoms with Gasteiger partial charge < -0.3 is 15.7 Å². The van der Waals surface area contributed by atoms with Crippen LogP contribution >= 0.6 is 0 Å². The Kier molecular flexibility index (Phi) is 4.82. The van der Waals surface area contributed by atoms with Crippen LogP contribution in [-0.4, -0.2) is 28.2 Å². The Balaban J connectivity index is 2.51. The molecule has 3 N–H and O–H groups in total. The van der Waals surface area contributed by atoms with Gasteiger partial charge in [0.05, 0.1) is 10.5 Å². The third kappa shape index (κ3) is 4.92. The molecule has 0 aliphatic rings. The highest BCUT2D eigenvalue weighted by Gasteiger charge is 2.18. The first kappa shape index (κ1) is 14.9. The number of nitro benzene ring substituents is 1. The second-order valence-corrected chi connectivity index (χ2v) is 4.46. The number of hydrogen-bond donors (Lipinski definition) is 3. The number of anilines is 1. The fourth-order valence-corrected chi connectivity index (χ4v) is 1.24. The first-order valence-electron chi connectivity index (χ1n) is 5.86. The molecule has 0 saturated carbocycles. The van der Waals surface area contributed by atoms with Gasteiger partial charge in [-0.15, -0.1) is 0 Å². The monoisotopic (exact) mass is 267 g/mol. The van der Waals surface area contributed by atoms with Gasteiger partial charge >= 0.3 is 6.03 Å². The van der Waals surface area contributed by atoms with Crippen molar-refractivity contribution in [2.45, 2.75) is 25.9 Å². The zero-order valence-electron chi connectivity index (χ0n) is 10.8. The molecule has 19 heavy (non-hydrogen) atoms. The number of nitro groups is 1. The SMILES string of the molecule is CCC(C)(O)CNC(=O)Nc1ccc([N+](=O)[O-])cc1. The Hall–Kier alpha value is -2.15. The minimum atomic E-state index is -0.952. The van der Waals surface area contributed by atoms with E-state index in [1.165, 1.54) is 24.3 Å². The summed E-state index contributed by atoms with van der Waals surface area (Å²) in [6.07, 6.45) is 0.519. The fraction of sp³-hybridized carbons (Fsp3) is 0.417. The summed E-state index contributed by atoms with van der Waals surface area (Å²) in [6.45, 7) is 3.57. The molecule has 0 radical (unpaired) electrons. The number of hydrogen-bond acceptors (Lipinski definition) is 4. The summed E-state index contributed by atoms with van der Waals surface area (Å²) in [5.74, 6) is 0. The van der Waals surface area contributed by atoms with Gasteiger partial charge in [-0.1, -0.05) is 6.92 Å². The summed E-state index contributed by atoms with van der Waals surface area (Å²) in [5.41, 5.74) is -0.550. The standard InChI is InChI=1S/C12H17N3O4/c1-3-12(2,17)8-13-11(16)14-9-4-6-10(7-5-9)15(18)19/h4-7,17H,3,8H2,1-2H3,(H2,13,14,16). The van der Waals surface area contributed by atoms with Crippen molar-refractivity contribution in [3.05, 3.63) is 34.4 Å². The molecule has 7 nitrogen and oxygen atoms in total. The van der Waals surface area contributed by atoms with Crippen LogP contribution in [0.4, 0.5) is 16.2 Å². The molecular weight excluding hydrogens is 250 g/mol. The van der Waals surface area contributed by atoms with Gasteiger partial charge in [-0.25, -0.2) is 4.79 Å². The molecule has 1 unspecified atom stereocenters. The van der Waals surface area contributed by atoms with Crippen LogP contribution in [0.3, 0.4) is 0 Å². The third-order valence-electron chi connectivity index (χ3n) is 2.73. The van der Waals surface area contributed by atoms with Crippen molar-refractivity contribution in [3.8, 4) is 0 Å². The van der Waals surface area contributed by atoms with E-state index in [2.05, 4.69) is 10.6 Å². The van der Waals surface area contributed by atoms with Crippen molar-refractivity contribution in [2.24, 2.45) is 0 Å². The topological polar surface area (TPSA) is 104 Å². The van der Waals surface area contributed by atoms with Crippen molar-refractivity contribution >= 4 is 17.4 Å². The highest BCUT2D eigenvalue weighted by Crippen LogP contribution is 2.15. The lowest BCUT2D eigenvalue weighted by Crippen LogP contribution is -2.41.